The molecule has 3 unspecified atom stereocenters. The molecule has 1 aromatic heterocycles. The Bertz CT molecular complexity index is 1080. The molecule has 9 atom stereocenters. The summed E-state index contributed by atoms with van der Waals surface area (Å²) in [6.45, 7) is 9.96. The van der Waals surface area contributed by atoms with Crippen LogP contribution in [0, 0.1) is 52.3 Å². The highest BCUT2D eigenvalue weighted by Crippen LogP contribution is 2.69. The molecule has 7 heteroatoms. The molecular weight excluding hydrogens is 482 g/mol. The number of nitrogens with zero attached hydrogens (tertiary/aromatic N) is 2. The average molecular weight is 530 g/mol. The average Bonchev–Trinajstić information content (AvgIpc) is 3.24. The summed E-state index contributed by atoms with van der Waals surface area (Å²) < 4.78 is 27.1. The molecule has 4 saturated carbocycles. The molecule has 0 bridgehead atoms. The van der Waals surface area contributed by atoms with E-state index in [2.05, 4.69) is 42.4 Å². The quantitative estimate of drug-likeness (QED) is 0.414. The first-order chi connectivity index (χ1) is 17.6. The Labute approximate surface area is 224 Å². The molecule has 0 aromatic carbocycles. The Morgan fingerprint density at radius 3 is 2.59 bits per heavy atom. The molecule has 5 rings (SSSR count). The second-order valence-electron chi connectivity index (χ2n) is 13.5. The van der Waals surface area contributed by atoms with E-state index in [1.54, 1.807) is 0 Å². The lowest BCUT2D eigenvalue weighted by Gasteiger charge is -2.63. The van der Waals surface area contributed by atoms with Crippen molar-refractivity contribution in [2.75, 3.05) is 0 Å². The number of hydrogen-bond acceptors (Lipinski definition) is 5. The van der Waals surface area contributed by atoms with Crippen LogP contribution >= 0.6 is 0 Å². The van der Waals surface area contributed by atoms with Gasteiger partial charge < -0.3 is 0 Å². The van der Waals surface area contributed by atoms with E-state index in [1.165, 1.54) is 82.8 Å². The van der Waals surface area contributed by atoms with Gasteiger partial charge in [0.2, 0.25) is 5.91 Å². The number of amides is 1. The Hall–Kier alpha value is -1.50. The summed E-state index contributed by atoms with van der Waals surface area (Å²) in [5.74, 6) is 4.97. The lowest BCUT2D eigenvalue weighted by atomic mass is 9.42. The topological polar surface area (TPSA) is 89.0 Å². The van der Waals surface area contributed by atoms with E-state index >= 15 is 0 Å². The summed E-state index contributed by atoms with van der Waals surface area (Å²) in [5.41, 5.74) is 0.889. The summed E-state index contributed by atoms with van der Waals surface area (Å²) in [5, 5.41) is -0.168. The molecule has 0 spiro atoms. The zero-order valence-corrected chi connectivity index (χ0v) is 24.1. The van der Waals surface area contributed by atoms with Crippen LogP contribution in [0.25, 0.3) is 0 Å². The molecule has 37 heavy (non-hydrogen) atoms. The SMILES string of the molecule is CC[C@H]1CC2C3CC[C@H]([C@H](C)CCC(=O)NS(=O)(=O)c4ccncn4)[C@@]3(C)CCC2[C@@]2(C)CCCC[C@@H]12. The van der Waals surface area contributed by atoms with Crippen molar-refractivity contribution in [2.45, 2.75) is 110 Å². The molecule has 206 valence electrons. The first kappa shape index (κ1) is 27.1. The number of carbonyl (C=O) groups is 1. The molecule has 1 aromatic rings. The highest BCUT2D eigenvalue weighted by Gasteiger charge is 2.61. The molecule has 4 aliphatic carbocycles. The van der Waals surface area contributed by atoms with E-state index in [0.29, 0.717) is 22.7 Å². The summed E-state index contributed by atoms with van der Waals surface area (Å²) in [6.07, 6.45) is 17.3. The fourth-order valence-corrected chi connectivity index (χ4v) is 11.2. The second-order valence-corrected chi connectivity index (χ2v) is 15.1. The number of carbonyl (C=O) groups excluding carboxylic acids is 1. The fourth-order valence-electron chi connectivity index (χ4n) is 10.2. The third-order valence-electron chi connectivity index (χ3n) is 11.9. The molecule has 4 fully saturated rings. The smallest absolute Gasteiger partial charge is 0.274 e. The van der Waals surface area contributed by atoms with Crippen LogP contribution in [0.1, 0.15) is 105 Å². The maximum Gasteiger partial charge on any atom is 0.281 e. The van der Waals surface area contributed by atoms with Crippen LogP contribution in [-0.2, 0) is 14.8 Å². The minimum absolute atomic E-state index is 0.168. The van der Waals surface area contributed by atoms with Crippen molar-refractivity contribution in [1.82, 2.24) is 14.7 Å². The number of nitrogens with one attached hydrogen (secondary N) is 1. The second kappa shape index (κ2) is 10.2. The van der Waals surface area contributed by atoms with Crippen LogP contribution in [0.4, 0.5) is 0 Å². The maximum atomic E-state index is 12.6. The number of aromatic nitrogens is 2. The molecule has 1 heterocycles. The lowest BCUT2D eigenvalue weighted by Crippen LogP contribution is -2.55. The molecule has 6 nitrogen and oxygen atoms in total. The predicted octanol–water partition coefficient (Wildman–Crippen LogP) is 6.38. The summed E-state index contributed by atoms with van der Waals surface area (Å²) in [7, 11) is -3.95. The Morgan fingerprint density at radius 1 is 1.08 bits per heavy atom. The molecule has 4 aliphatic rings. The largest absolute Gasteiger partial charge is 0.281 e. The molecule has 1 amide bonds. The first-order valence-corrected chi connectivity index (χ1v) is 16.4. The molecule has 0 radical (unpaired) electrons. The minimum atomic E-state index is -3.95. The third kappa shape index (κ3) is 4.76. The van der Waals surface area contributed by atoms with Crippen LogP contribution < -0.4 is 4.72 Å². The van der Waals surface area contributed by atoms with Gasteiger partial charge >= 0.3 is 0 Å². The molecular formula is C30H47N3O3S. The summed E-state index contributed by atoms with van der Waals surface area (Å²) >= 11 is 0. The van der Waals surface area contributed by atoms with Gasteiger partial charge in [-0.15, -0.1) is 0 Å². The number of fused-ring (bicyclic) bond motifs is 5. The number of sulfonamides is 1. The summed E-state index contributed by atoms with van der Waals surface area (Å²) in [6, 6.07) is 1.30. The Balaban J connectivity index is 1.24. The van der Waals surface area contributed by atoms with Crippen molar-refractivity contribution in [3.63, 3.8) is 0 Å². The van der Waals surface area contributed by atoms with E-state index in [9.17, 15) is 13.2 Å². The van der Waals surface area contributed by atoms with Gasteiger partial charge in [0.25, 0.3) is 10.0 Å². The zero-order chi connectivity index (χ0) is 26.4. The van der Waals surface area contributed by atoms with E-state index in [4.69, 9.17) is 0 Å². The van der Waals surface area contributed by atoms with Crippen LogP contribution in [-0.4, -0.2) is 24.3 Å². The maximum absolute atomic E-state index is 12.6. The lowest BCUT2D eigenvalue weighted by molar-refractivity contribution is -0.138. The number of hydrogen-bond donors (Lipinski definition) is 1. The van der Waals surface area contributed by atoms with Crippen LogP contribution in [0.5, 0.6) is 0 Å². The van der Waals surface area contributed by atoms with E-state index in [-0.39, 0.29) is 11.4 Å². The van der Waals surface area contributed by atoms with Gasteiger partial charge in [0, 0.05) is 12.6 Å². The van der Waals surface area contributed by atoms with Crippen molar-refractivity contribution < 1.29 is 13.2 Å². The Morgan fingerprint density at radius 2 is 1.86 bits per heavy atom. The molecule has 1 N–H and O–H groups in total. The highest BCUT2D eigenvalue weighted by atomic mass is 32.2. The van der Waals surface area contributed by atoms with Crippen LogP contribution in [0.3, 0.4) is 0 Å². The van der Waals surface area contributed by atoms with E-state index < -0.39 is 15.9 Å². The molecule has 0 saturated heterocycles. The monoisotopic (exact) mass is 529 g/mol. The third-order valence-corrected chi connectivity index (χ3v) is 13.2. The van der Waals surface area contributed by atoms with Gasteiger partial charge in [0.05, 0.1) is 0 Å². The van der Waals surface area contributed by atoms with Gasteiger partial charge in [-0.25, -0.2) is 14.7 Å². The van der Waals surface area contributed by atoms with Crippen molar-refractivity contribution in [2.24, 2.45) is 52.3 Å². The van der Waals surface area contributed by atoms with Gasteiger partial charge in [0.15, 0.2) is 5.03 Å². The highest BCUT2D eigenvalue weighted by molar-refractivity contribution is 7.90. The Kier molecular flexibility index (Phi) is 7.49. The van der Waals surface area contributed by atoms with Crippen molar-refractivity contribution in [3.8, 4) is 0 Å². The van der Waals surface area contributed by atoms with Gasteiger partial charge in [-0.05, 0) is 110 Å². The predicted molar refractivity (Wildman–Crippen MR) is 145 cm³/mol. The van der Waals surface area contributed by atoms with Gasteiger partial charge in [-0.3, -0.25) is 4.79 Å². The van der Waals surface area contributed by atoms with Crippen molar-refractivity contribution >= 4 is 15.9 Å². The van der Waals surface area contributed by atoms with Crippen LogP contribution in [0.15, 0.2) is 23.6 Å². The van der Waals surface area contributed by atoms with Gasteiger partial charge in [-0.2, -0.15) is 8.42 Å². The first-order valence-electron chi connectivity index (χ1n) is 14.9. The van der Waals surface area contributed by atoms with Gasteiger partial charge in [0.1, 0.15) is 6.33 Å². The minimum Gasteiger partial charge on any atom is -0.274 e. The standard InChI is InChI=1S/C30H47N3O3S/c1-5-21-18-22-25-11-10-23(30(25,4)16-13-26(22)29(3)15-7-6-8-24(21)29)20(2)9-12-27(34)33-37(35,36)28-14-17-31-19-32-28/h14,17,19-26H,5-13,15-16,18H2,1-4H3,(H,33,34)/t20-,21+,22?,23-,24+,25?,26?,29+,30-/m1/s1. The van der Waals surface area contributed by atoms with Crippen molar-refractivity contribution in [1.29, 1.82) is 0 Å². The normalized spacial score (nSPS) is 40.2. The van der Waals surface area contributed by atoms with E-state index in [0.717, 1.165) is 36.0 Å². The fraction of sp³-hybridized carbons (Fsp3) is 0.833. The number of rotatable bonds is 7. The zero-order valence-electron chi connectivity index (χ0n) is 23.3. The van der Waals surface area contributed by atoms with E-state index in [1.807, 2.05) is 0 Å². The van der Waals surface area contributed by atoms with Crippen LogP contribution in [0.2, 0.25) is 0 Å². The summed E-state index contributed by atoms with van der Waals surface area (Å²) in [4.78, 5) is 20.1. The van der Waals surface area contributed by atoms with Crippen molar-refractivity contribution in [3.05, 3.63) is 18.6 Å². The van der Waals surface area contributed by atoms with Gasteiger partial charge in [-0.1, -0.05) is 47.0 Å². The molecule has 0 aliphatic heterocycles.